The van der Waals surface area contributed by atoms with Gasteiger partial charge in [0.25, 0.3) is 0 Å². The first-order valence-corrected chi connectivity index (χ1v) is 5.95. The average Bonchev–Trinajstić information content (AvgIpc) is 2.75. The van der Waals surface area contributed by atoms with Crippen LogP contribution < -0.4 is 16.6 Å². The van der Waals surface area contributed by atoms with Gasteiger partial charge in [-0.3, -0.25) is 10.1 Å². The second-order valence-corrected chi connectivity index (χ2v) is 4.34. The van der Waals surface area contributed by atoms with Gasteiger partial charge in [-0.15, -0.1) is 0 Å². The Bertz CT molecular complexity index is 635. The number of rotatable bonds is 4. The topological polar surface area (TPSA) is 93.7 Å². The molecule has 7 nitrogen and oxygen atoms in total. The molecule has 0 saturated heterocycles. The number of nitrogen functional groups attached to an aromatic ring is 1. The predicted octanol–water partition coefficient (Wildman–Crippen LogP) is 1.44. The zero-order chi connectivity index (χ0) is 15.6. The van der Waals surface area contributed by atoms with Crippen molar-refractivity contribution in [3.63, 3.8) is 0 Å². The molecule has 0 aromatic carbocycles. The van der Waals surface area contributed by atoms with Gasteiger partial charge in [0.15, 0.2) is 5.69 Å². The smallest absolute Gasteiger partial charge is 0.366 e. The van der Waals surface area contributed by atoms with Crippen molar-refractivity contribution >= 4 is 11.8 Å². The molecule has 0 aliphatic rings. The molecule has 2 rings (SSSR count). The Balaban J connectivity index is 2.21. The number of hydrogen-bond acceptors (Lipinski definition) is 6. The van der Waals surface area contributed by atoms with Crippen molar-refractivity contribution in [3.05, 3.63) is 29.2 Å². The van der Waals surface area contributed by atoms with Gasteiger partial charge in [-0.25, -0.2) is 10.8 Å². The minimum atomic E-state index is -4.57. The fourth-order valence-corrected chi connectivity index (χ4v) is 1.65. The van der Waals surface area contributed by atoms with E-state index in [0.29, 0.717) is 0 Å². The lowest BCUT2D eigenvalue weighted by Crippen LogP contribution is -2.17. The molecule has 0 spiro atoms. The van der Waals surface area contributed by atoms with Crippen molar-refractivity contribution in [3.8, 4) is 0 Å². The minimum Gasteiger partial charge on any atom is -0.366 e. The van der Waals surface area contributed by atoms with E-state index in [-0.39, 0.29) is 18.3 Å². The van der Waals surface area contributed by atoms with Crippen LogP contribution in [0.1, 0.15) is 17.0 Å². The van der Waals surface area contributed by atoms with E-state index in [9.17, 15) is 13.2 Å². The van der Waals surface area contributed by atoms with Crippen LogP contribution >= 0.6 is 0 Å². The Morgan fingerprint density at radius 2 is 2.05 bits per heavy atom. The highest BCUT2D eigenvalue weighted by Crippen LogP contribution is 2.29. The van der Waals surface area contributed by atoms with Crippen molar-refractivity contribution in [2.75, 3.05) is 10.7 Å². The summed E-state index contributed by atoms with van der Waals surface area (Å²) in [5.74, 6) is 4.79. The molecule has 0 atom stereocenters. The standard InChI is InChI=1S/C11H14F3N7/c1-6-7(5-17-21(6)2)4-16-9-3-8(11(12,13)14)18-10(19-9)20-15/h3,5H,4,15H2,1-2H3,(H2,16,18,19,20). The molecule has 0 bridgehead atoms. The number of anilines is 2. The minimum absolute atomic E-state index is 0.0218. The van der Waals surface area contributed by atoms with Crippen molar-refractivity contribution in [1.82, 2.24) is 19.7 Å². The van der Waals surface area contributed by atoms with E-state index in [1.165, 1.54) is 0 Å². The molecule has 21 heavy (non-hydrogen) atoms. The zero-order valence-electron chi connectivity index (χ0n) is 11.4. The molecule has 2 aromatic heterocycles. The summed E-state index contributed by atoms with van der Waals surface area (Å²) in [6.07, 6.45) is -2.94. The highest BCUT2D eigenvalue weighted by atomic mass is 19.4. The van der Waals surface area contributed by atoms with Crippen LogP contribution in [0.3, 0.4) is 0 Å². The highest BCUT2D eigenvalue weighted by Gasteiger charge is 2.33. The van der Waals surface area contributed by atoms with Crippen LogP contribution in [0.25, 0.3) is 0 Å². The van der Waals surface area contributed by atoms with Crippen molar-refractivity contribution in [2.45, 2.75) is 19.6 Å². The van der Waals surface area contributed by atoms with Crippen LogP contribution in [-0.2, 0) is 19.8 Å². The second-order valence-electron chi connectivity index (χ2n) is 4.34. The number of alkyl halides is 3. The largest absolute Gasteiger partial charge is 0.433 e. The van der Waals surface area contributed by atoms with E-state index in [1.807, 2.05) is 12.3 Å². The molecule has 2 aromatic rings. The number of halogens is 3. The zero-order valence-corrected chi connectivity index (χ0v) is 11.4. The van der Waals surface area contributed by atoms with Gasteiger partial charge in [-0.1, -0.05) is 0 Å². The molecule has 0 unspecified atom stereocenters. The third kappa shape index (κ3) is 3.40. The number of aromatic nitrogens is 4. The first kappa shape index (κ1) is 15.0. The van der Waals surface area contributed by atoms with Gasteiger partial charge in [0, 0.05) is 30.9 Å². The Morgan fingerprint density at radius 1 is 1.33 bits per heavy atom. The molecule has 0 aliphatic carbocycles. The second kappa shape index (κ2) is 5.56. The molecule has 4 N–H and O–H groups in total. The summed E-state index contributed by atoms with van der Waals surface area (Å²) in [5, 5.41) is 6.85. The number of nitrogens with zero attached hydrogens (tertiary/aromatic N) is 4. The number of nitrogens with two attached hydrogens (primary N) is 1. The van der Waals surface area contributed by atoms with E-state index in [2.05, 4.69) is 20.4 Å². The normalized spacial score (nSPS) is 11.5. The molecular weight excluding hydrogens is 287 g/mol. The molecule has 0 radical (unpaired) electrons. The maximum Gasteiger partial charge on any atom is 0.433 e. The lowest BCUT2D eigenvalue weighted by Gasteiger charge is -2.11. The van der Waals surface area contributed by atoms with Crippen LogP contribution in [0.15, 0.2) is 12.3 Å². The number of hydrazine groups is 1. The van der Waals surface area contributed by atoms with Gasteiger partial charge in [0.1, 0.15) is 5.82 Å². The van der Waals surface area contributed by atoms with Crippen molar-refractivity contribution in [2.24, 2.45) is 12.9 Å². The van der Waals surface area contributed by atoms with Crippen molar-refractivity contribution in [1.29, 1.82) is 0 Å². The number of nitrogens with one attached hydrogen (secondary N) is 2. The third-order valence-electron chi connectivity index (χ3n) is 2.94. The monoisotopic (exact) mass is 301 g/mol. The summed E-state index contributed by atoms with van der Waals surface area (Å²) in [7, 11) is 1.78. The van der Waals surface area contributed by atoms with Gasteiger partial charge in [0.2, 0.25) is 5.95 Å². The van der Waals surface area contributed by atoms with E-state index in [1.54, 1.807) is 17.9 Å². The first-order valence-electron chi connectivity index (χ1n) is 5.95. The number of aryl methyl sites for hydroxylation is 1. The van der Waals surface area contributed by atoms with Gasteiger partial charge in [-0.05, 0) is 6.92 Å². The lowest BCUT2D eigenvalue weighted by atomic mass is 10.2. The highest BCUT2D eigenvalue weighted by molar-refractivity contribution is 5.43. The maximum atomic E-state index is 12.7. The SMILES string of the molecule is Cc1c(CNc2cc(C(F)(F)F)nc(NN)n2)cnn1C. The molecule has 0 aliphatic heterocycles. The van der Waals surface area contributed by atoms with Gasteiger partial charge in [0.05, 0.1) is 6.20 Å². The fourth-order valence-electron chi connectivity index (χ4n) is 1.65. The molecule has 2 heterocycles. The maximum absolute atomic E-state index is 12.7. The molecule has 0 fully saturated rings. The molecule has 114 valence electrons. The summed E-state index contributed by atoms with van der Waals surface area (Å²) >= 11 is 0. The van der Waals surface area contributed by atoms with Gasteiger partial charge < -0.3 is 5.32 Å². The van der Waals surface area contributed by atoms with Crippen LogP contribution in [-0.4, -0.2) is 19.7 Å². The molecule has 0 amide bonds. The average molecular weight is 301 g/mol. The Hall–Kier alpha value is -2.36. The van der Waals surface area contributed by atoms with E-state index >= 15 is 0 Å². The third-order valence-corrected chi connectivity index (χ3v) is 2.94. The fraction of sp³-hybridized carbons (Fsp3) is 0.364. The summed E-state index contributed by atoms with van der Waals surface area (Å²) < 4.78 is 39.8. The summed E-state index contributed by atoms with van der Waals surface area (Å²) in [6, 6.07) is 0.826. The van der Waals surface area contributed by atoms with E-state index < -0.39 is 11.9 Å². The van der Waals surface area contributed by atoms with Crippen LogP contribution in [0.5, 0.6) is 0 Å². The predicted molar refractivity (Wildman–Crippen MR) is 70.1 cm³/mol. The Morgan fingerprint density at radius 3 is 2.57 bits per heavy atom. The quantitative estimate of drug-likeness (QED) is 0.584. The van der Waals surface area contributed by atoms with Crippen molar-refractivity contribution < 1.29 is 13.2 Å². The molecular formula is C11H14F3N7. The Labute approximate surface area is 118 Å². The first-order chi connectivity index (χ1) is 9.81. The summed E-state index contributed by atoms with van der Waals surface area (Å²) in [4.78, 5) is 7.10. The lowest BCUT2D eigenvalue weighted by molar-refractivity contribution is -0.141. The van der Waals surface area contributed by atoms with Gasteiger partial charge in [-0.2, -0.15) is 23.3 Å². The van der Waals surface area contributed by atoms with Crippen LogP contribution in [0.2, 0.25) is 0 Å². The Kier molecular flexibility index (Phi) is 3.98. The number of hydrogen-bond donors (Lipinski definition) is 3. The van der Waals surface area contributed by atoms with E-state index in [4.69, 9.17) is 5.84 Å². The van der Waals surface area contributed by atoms with E-state index in [0.717, 1.165) is 17.3 Å². The van der Waals surface area contributed by atoms with Crippen LogP contribution in [0, 0.1) is 6.92 Å². The van der Waals surface area contributed by atoms with Crippen LogP contribution in [0.4, 0.5) is 24.9 Å². The summed E-state index contributed by atoms with van der Waals surface area (Å²) in [5.41, 5.74) is 2.70. The summed E-state index contributed by atoms with van der Waals surface area (Å²) in [6.45, 7) is 2.15. The molecule has 0 saturated carbocycles. The molecule has 10 heteroatoms. The van der Waals surface area contributed by atoms with Gasteiger partial charge >= 0.3 is 6.18 Å².